The summed E-state index contributed by atoms with van der Waals surface area (Å²) in [4.78, 5) is 23.8. The Labute approximate surface area is 181 Å². The zero-order valence-corrected chi connectivity index (χ0v) is 17.4. The molecule has 0 radical (unpaired) electrons. The van der Waals surface area contributed by atoms with E-state index in [9.17, 15) is 28.6 Å². The van der Waals surface area contributed by atoms with Crippen molar-refractivity contribution in [2.75, 3.05) is 18.4 Å². The van der Waals surface area contributed by atoms with Crippen LogP contribution in [0.3, 0.4) is 0 Å². The molecule has 3 rings (SSSR count). The minimum Gasteiger partial charge on any atom is -0.384 e. The quantitative estimate of drug-likeness (QED) is 0.276. The second-order valence-corrected chi connectivity index (χ2v) is 8.54. The van der Waals surface area contributed by atoms with E-state index in [1.165, 1.54) is 0 Å². The Morgan fingerprint density at radius 1 is 1.00 bits per heavy atom. The Balaban J connectivity index is 1.63. The monoisotopic (exact) mass is 465 g/mol. The van der Waals surface area contributed by atoms with Crippen LogP contribution in [0.5, 0.6) is 0 Å². The third kappa shape index (κ3) is 5.23. The van der Waals surface area contributed by atoms with E-state index in [0.29, 0.717) is 29.6 Å². The highest BCUT2D eigenvalue weighted by molar-refractivity contribution is 7.89. The molecule has 0 bridgehead atoms. The lowest BCUT2D eigenvalue weighted by Gasteiger charge is -2.10. The van der Waals surface area contributed by atoms with E-state index < -0.39 is 36.1 Å². The second-order valence-electron chi connectivity index (χ2n) is 6.36. The average Bonchev–Trinajstić information content (AvgIpc) is 2.72. The van der Waals surface area contributed by atoms with Crippen LogP contribution >= 0.6 is 11.6 Å². The Kier molecular flexibility index (Phi) is 6.63. The van der Waals surface area contributed by atoms with Crippen LogP contribution in [0.25, 0.3) is 10.9 Å². The van der Waals surface area contributed by atoms with Crippen molar-refractivity contribution < 1.29 is 18.3 Å². The SMILES string of the molecule is O=[N+]([O-])c1ccc(S(=O)(=O)NCCCNc2ccnc3cc(Cl)ccc23)c([N+](=O)[O-])c1. The maximum Gasteiger partial charge on any atom is 0.296 e. The molecule has 13 heteroatoms. The van der Waals surface area contributed by atoms with Gasteiger partial charge in [-0.3, -0.25) is 25.2 Å². The van der Waals surface area contributed by atoms with Crippen molar-refractivity contribution in [1.82, 2.24) is 9.71 Å². The van der Waals surface area contributed by atoms with Gasteiger partial charge in [-0.25, -0.2) is 13.1 Å². The summed E-state index contributed by atoms with van der Waals surface area (Å²) in [5, 5.41) is 26.6. The number of nitro groups is 2. The molecule has 0 fully saturated rings. The van der Waals surface area contributed by atoms with Gasteiger partial charge in [-0.05, 0) is 36.8 Å². The van der Waals surface area contributed by atoms with Crippen molar-refractivity contribution in [1.29, 1.82) is 0 Å². The van der Waals surface area contributed by atoms with E-state index in [1.807, 2.05) is 6.07 Å². The summed E-state index contributed by atoms with van der Waals surface area (Å²) in [5.41, 5.74) is 0.0849. The van der Waals surface area contributed by atoms with Crippen molar-refractivity contribution in [3.05, 3.63) is 73.9 Å². The van der Waals surface area contributed by atoms with Gasteiger partial charge in [0.25, 0.3) is 11.4 Å². The molecule has 162 valence electrons. The number of pyridine rings is 1. The van der Waals surface area contributed by atoms with Crippen LogP contribution in [0, 0.1) is 20.2 Å². The molecule has 0 spiro atoms. The van der Waals surface area contributed by atoms with Crippen LogP contribution in [-0.2, 0) is 10.0 Å². The number of nitrogens with zero attached hydrogens (tertiary/aromatic N) is 3. The molecule has 2 N–H and O–H groups in total. The fourth-order valence-electron chi connectivity index (χ4n) is 2.86. The molecule has 0 saturated carbocycles. The number of non-ortho nitro benzene ring substituents is 1. The fourth-order valence-corrected chi connectivity index (χ4v) is 4.25. The molecule has 0 atom stereocenters. The molecular formula is C18H16ClN5O6S. The number of fused-ring (bicyclic) bond motifs is 1. The van der Waals surface area contributed by atoms with Crippen LogP contribution in [0.2, 0.25) is 5.02 Å². The van der Waals surface area contributed by atoms with Gasteiger partial charge in [-0.2, -0.15) is 0 Å². The zero-order chi connectivity index (χ0) is 22.6. The maximum absolute atomic E-state index is 12.5. The van der Waals surface area contributed by atoms with E-state index >= 15 is 0 Å². The first-order valence-corrected chi connectivity index (χ1v) is 10.8. The summed E-state index contributed by atoms with van der Waals surface area (Å²) in [7, 11) is -4.23. The largest absolute Gasteiger partial charge is 0.384 e. The Morgan fingerprint density at radius 2 is 1.77 bits per heavy atom. The number of anilines is 1. The molecule has 0 aliphatic rings. The standard InChI is InChI=1S/C18H16ClN5O6S/c19-12-2-4-14-15(6-9-21-16(14)10-12)20-7-1-8-22-31(29,30)18-5-3-13(23(25)26)11-17(18)24(27)28/h2-6,9-11,22H,1,7-8H2,(H,20,21). The van der Waals surface area contributed by atoms with E-state index in [1.54, 1.807) is 24.4 Å². The van der Waals surface area contributed by atoms with Crippen molar-refractivity contribution in [3.8, 4) is 0 Å². The zero-order valence-electron chi connectivity index (χ0n) is 15.8. The molecule has 31 heavy (non-hydrogen) atoms. The molecule has 0 aliphatic carbocycles. The third-order valence-electron chi connectivity index (χ3n) is 4.31. The predicted molar refractivity (Wildman–Crippen MR) is 115 cm³/mol. The number of hydrogen-bond acceptors (Lipinski definition) is 8. The summed E-state index contributed by atoms with van der Waals surface area (Å²) >= 11 is 5.96. The number of rotatable bonds is 9. The summed E-state index contributed by atoms with van der Waals surface area (Å²) in [6.07, 6.45) is 1.99. The van der Waals surface area contributed by atoms with Gasteiger partial charge in [-0.1, -0.05) is 11.6 Å². The number of sulfonamides is 1. The first kappa shape index (κ1) is 22.3. The fraction of sp³-hybridized carbons (Fsp3) is 0.167. The highest BCUT2D eigenvalue weighted by Crippen LogP contribution is 2.28. The van der Waals surface area contributed by atoms with E-state index in [4.69, 9.17) is 11.6 Å². The lowest BCUT2D eigenvalue weighted by Crippen LogP contribution is -2.26. The van der Waals surface area contributed by atoms with Crippen LogP contribution in [0.4, 0.5) is 17.1 Å². The molecular weight excluding hydrogens is 450 g/mol. The van der Waals surface area contributed by atoms with Gasteiger partial charge in [0, 0.05) is 41.4 Å². The molecule has 3 aromatic rings. The van der Waals surface area contributed by atoms with Gasteiger partial charge in [-0.15, -0.1) is 0 Å². The van der Waals surface area contributed by atoms with Gasteiger partial charge in [0.1, 0.15) is 0 Å². The topological polar surface area (TPSA) is 157 Å². The predicted octanol–water partition coefficient (Wildman–Crippen LogP) is 3.49. The maximum atomic E-state index is 12.5. The first-order valence-electron chi connectivity index (χ1n) is 8.90. The highest BCUT2D eigenvalue weighted by Gasteiger charge is 2.28. The summed E-state index contributed by atoms with van der Waals surface area (Å²) in [6, 6.07) is 9.45. The molecule has 1 aromatic heterocycles. The van der Waals surface area contributed by atoms with Crippen LogP contribution in [0.15, 0.2) is 53.6 Å². The number of hydrogen-bond donors (Lipinski definition) is 2. The van der Waals surface area contributed by atoms with E-state index in [0.717, 1.165) is 23.2 Å². The van der Waals surface area contributed by atoms with Gasteiger partial charge in [0.15, 0.2) is 4.90 Å². The van der Waals surface area contributed by atoms with Crippen LogP contribution in [0.1, 0.15) is 6.42 Å². The normalized spacial score (nSPS) is 11.4. The van der Waals surface area contributed by atoms with Crippen molar-refractivity contribution in [2.45, 2.75) is 11.3 Å². The Hall–Kier alpha value is -3.35. The molecule has 2 aromatic carbocycles. The molecule has 0 saturated heterocycles. The van der Waals surface area contributed by atoms with E-state index in [-0.39, 0.29) is 6.54 Å². The third-order valence-corrected chi connectivity index (χ3v) is 6.05. The van der Waals surface area contributed by atoms with Gasteiger partial charge in [0.05, 0.1) is 21.4 Å². The first-order chi connectivity index (χ1) is 14.7. The number of nitrogens with one attached hydrogen (secondary N) is 2. The molecule has 0 amide bonds. The number of aromatic nitrogens is 1. The van der Waals surface area contributed by atoms with Crippen molar-refractivity contribution in [2.24, 2.45) is 0 Å². The minimum absolute atomic E-state index is 0.00167. The number of halogens is 1. The molecule has 1 heterocycles. The van der Waals surface area contributed by atoms with Gasteiger partial charge in [0.2, 0.25) is 10.0 Å². The van der Waals surface area contributed by atoms with Gasteiger partial charge < -0.3 is 5.32 Å². The molecule has 0 aliphatic heterocycles. The van der Waals surface area contributed by atoms with Crippen LogP contribution in [-0.4, -0.2) is 36.3 Å². The Morgan fingerprint density at radius 3 is 2.48 bits per heavy atom. The van der Waals surface area contributed by atoms with E-state index in [2.05, 4.69) is 15.0 Å². The van der Waals surface area contributed by atoms with Crippen molar-refractivity contribution >= 4 is 49.6 Å². The molecule has 0 unspecified atom stereocenters. The lowest BCUT2D eigenvalue weighted by atomic mass is 10.2. The lowest BCUT2D eigenvalue weighted by molar-refractivity contribution is -0.396. The molecule has 11 nitrogen and oxygen atoms in total. The smallest absolute Gasteiger partial charge is 0.296 e. The Bertz CT molecular complexity index is 1270. The number of nitro benzene ring substituents is 2. The summed E-state index contributed by atoms with van der Waals surface area (Å²) < 4.78 is 27.2. The number of benzene rings is 2. The van der Waals surface area contributed by atoms with Gasteiger partial charge >= 0.3 is 0 Å². The second kappa shape index (κ2) is 9.20. The highest BCUT2D eigenvalue weighted by atomic mass is 35.5. The van der Waals surface area contributed by atoms with Crippen molar-refractivity contribution in [3.63, 3.8) is 0 Å². The summed E-state index contributed by atoms with van der Waals surface area (Å²) in [6.45, 7) is 0.408. The summed E-state index contributed by atoms with van der Waals surface area (Å²) in [5.74, 6) is 0. The average molecular weight is 466 g/mol. The minimum atomic E-state index is -4.23. The van der Waals surface area contributed by atoms with Crippen LogP contribution < -0.4 is 10.0 Å².